The second-order valence-electron chi connectivity index (χ2n) is 3.18. The predicted molar refractivity (Wildman–Crippen MR) is 55.7 cm³/mol. The summed E-state index contributed by atoms with van der Waals surface area (Å²) < 4.78 is 5.52. The van der Waals surface area contributed by atoms with E-state index in [1.165, 1.54) is 6.04 Å². The lowest BCUT2D eigenvalue weighted by atomic mass is 10.2. The van der Waals surface area contributed by atoms with E-state index in [1.807, 2.05) is 6.92 Å². The molecule has 0 bridgehead atoms. The van der Waals surface area contributed by atoms with Crippen molar-refractivity contribution in [1.29, 1.82) is 0 Å². The molecule has 0 radical (unpaired) electrons. The molecular formula is C8H22N2OSi. The minimum absolute atomic E-state index is 0.283. The quantitative estimate of drug-likeness (QED) is 0.573. The van der Waals surface area contributed by atoms with Crippen LogP contribution in [0.3, 0.4) is 0 Å². The average molecular weight is 190 g/mol. The van der Waals surface area contributed by atoms with Gasteiger partial charge in [0.2, 0.25) is 0 Å². The summed E-state index contributed by atoms with van der Waals surface area (Å²) in [5, 5.41) is 0. The molecule has 4 N–H and O–H groups in total. The molecule has 0 aromatic carbocycles. The van der Waals surface area contributed by atoms with Crippen molar-refractivity contribution in [3.05, 3.63) is 0 Å². The predicted octanol–water partition coefficient (Wildman–Crippen LogP) is 0.443. The van der Waals surface area contributed by atoms with Crippen LogP contribution in [-0.4, -0.2) is 28.2 Å². The van der Waals surface area contributed by atoms with Gasteiger partial charge >= 0.3 is 0 Å². The Morgan fingerprint density at radius 2 is 2.08 bits per heavy atom. The monoisotopic (exact) mass is 190 g/mol. The third-order valence-electron chi connectivity index (χ3n) is 1.93. The van der Waals surface area contributed by atoms with Gasteiger partial charge in [-0.2, -0.15) is 0 Å². The van der Waals surface area contributed by atoms with Gasteiger partial charge in [0.05, 0.1) is 0 Å². The van der Waals surface area contributed by atoms with Gasteiger partial charge in [0.25, 0.3) is 0 Å². The molecule has 4 heteroatoms. The summed E-state index contributed by atoms with van der Waals surface area (Å²) in [6.45, 7) is 5.81. The Bertz CT molecular complexity index is 91.1. The van der Waals surface area contributed by atoms with Gasteiger partial charge < -0.3 is 15.9 Å². The van der Waals surface area contributed by atoms with Crippen molar-refractivity contribution in [1.82, 2.24) is 0 Å². The summed E-state index contributed by atoms with van der Waals surface area (Å²) in [7, 11) is -0.904. The fourth-order valence-corrected chi connectivity index (χ4v) is 2.81. The molecule has 2 atom stereocenters. The zero-order valence-corrected chi connectivity index (χ0v) is 9.41. The first kappa shape index (κ1) is 12.1. The largest absolute Gasteiger partial charge is 0.421 e. The standard InChI is InChI=1S/C8H22N2OSi/c1-3-11-12(2)7-5-8(10)4-6-9/h8,12H,3-7,9-10H2,1-2H3. The van der Waals surface area contributed by atoms with Gasteiger partial charge in [0, 0.05) is 12.6 Å². The lowest BCUT2D eigenvalue weighted by molar-refractivity contribution is 0.343. The van der Waals surface area contributed by atoms with Gasteiger partial charge in [-0.3, -0.25) is 0 Å². The molecule has 0 aromatic rings. The lowest BCUT2D eigenvalue weighted by Crippen LogP contribution is -2.26. The zero-order valence-electron chi connectivity index (χ0n) is 8.25. The SMILES string of the molecule is CCO[SiH](C)CCC(N)CCN. The van der Waals surface area contributed by atoms with Crippen LogP contribution < -0.4 is 11.5 Å². The van der Waals surface area contributed by atoms with Crippen LogP contribution in [0.5, 0.6) is 0 Å². The smallest absolute Gasteiger partial charge is 0.173 e. The maximum absolute atomic E-state index is 5.82. The summed E-state index contributed by atoms with van der Waals surface area (Å²) in [5.74, 6) is 0. The molecule has 2 unspecified atom stereocenters. The van der Waals surface area contributed by atoms with Crippen molar-refractivity contribution in [3.8, 4) is 0 Å². The van der Waals surface area contributed by atoms with Crippen LogP contribution in [0.1, 0.15) is 19.8 Å². The maximum Gasteiger partial charge on any atom is 0.173 e. The van der Waals surface area contributed by atoms with Gasteiger partial charge in [0.1, 0.15) is 0 Å². The topological polar surface area (TPSA) is 61.3 Å². The van der Waals surface area contributed by atoms with Crippen molar-refractivity contribution in [3.63, 3.8) is 0 Å². The number of rotatable bonds is 7. The number of hydrogen-bond acceptors (Lipinski definition) is 3. The molecule has 0 amide bonds. The molecule has 0 aromatic heterocycles. The van der Waals surface area contributed by atoms with Crippen molar-refractivity contribution < 1.29 is 4.43 Å². The molecular weight excluding hydrogens is 168 g/mol. The molecule has 3 nitrogen and oxygen atoms in total. The summed E-state index contributed by atoms with van der Waals surface area (Å²) in [6.07, 6.45) is 2.01. The Kier molecular flexibility index (Phi) is 7.79. The van der Waals surface area contributed by atoms with Gasteiger partial charge in [-0.25, -0.2) is 0 Å². The van der Waals surface area contributed by atoms with Crippen molar-refractivity contribution >= 4 is 9.04 Å². The summed E-state index contributed by atoms with van der Waals surface area (Å²) >= 11 is 0. The van der Waals surface area contributed by atoms with Gasteiger partial charge in [0.15, 0.2) is 9.04 Å². The second-order valence-corrected chi connectivity index (χ2v) is 5.71. The van der Waals surface area contributed by atoms with E-state index in [-0.39, 0.29) is 6.04 Å². The number of hydrogen-bond donors (Lipinski definition) is 2. The molecule has 0 aliphatic rings. The van der Waals surface area contributed by atoms with Crippen LogP contribution in [0, 0.1) is 0 Å². The van der Waals surface area contributed by atoms with Crippen LogP contribution in [-0.2, 0) is 4.43 Å². The Morgan fingerprint density at radius 1 is 1.42 bits per heavy atom. The first-order chi connectivity index (χ1) is 5.70. The minimum Gasteiger partial charge on any atom is -0.421 e. The average Bonchev–Trinajstić information content (AvgIpc) is 2.02. The second kappa shape index (κ2) is 7.73. The molecule has 12 heavy (non-hydrogen) atoms. The van der Waals surface area contributed by atoms with Crippen LogP contribution in [0.25, 0.3) is 0 Å². The molecule has 0 spiro atoms. The molecule has 0 rings (SSSR count). The van der Waals surface area contributed by atoms with Crippen molar-refractivity contribution in [2.24, 2.45) is 11.5 Å². The molecule has 74 valence electrons. The normalized spacial score (nSPS) is 16.0. The third kappa shape index (κ3) is 6.79. The third-order valence-corrected chi connectivity index (χ3v) is 3.98. The van der Waals surface area contributed by atoms with Gasteiger partial charge in [-0.05, 0) is 38.9 Å². The first-order valence-corrected chi connectivity index (χ1v) is 7.22. The molecule has 0 saturated carbocycles. The van der Waals surface area contributed by atoms with Crippen LogP contribution in [0.2, 0.25) is 12.6 Å². The molecule has 0 heterocycles. The summed E-state index contributed by atoms with van der Waals surface area (Å²) in [6, 6.07) is 1.46. The molecule has 0 fully saturated rings. The molecule has 0 saturated heterocycles. The Morgan fingerprint density at radius 3 is 2.58 bits per heavy atom. The highest BCUT2D eigenvalue weighted by molar-refractivity contribution is 6.50. The van der Waals surface area contributed by atoms with E-state index >= 15 is 0 Å². The van der Waals surface area contributed by atoms with E-state index in [0.29, 0.717) is 6.54 Å². The molecule has 0 aliphatic heterocycles. The Balaban J connectivity index is 3.27. The highest BCUT2D eigenvalue weighted by Gasteiger charge is 2.07. The summed E-state index contributed by atoms with van der Waals surface area (Å²) in [4.78, 5) is 0. The Labute approximate surface area is 77.2 Å². The van der Waals surface area contributed by atoms with Gasteiger partial charge in [-0.15, -0.1) is 0 Å². The molecule has 0 aliphatic carbocycles. The number of nitrogens with two attached hydrogens (primary N) is 2. The zero-order chi connectivity index (χ0) is 9.40. The highest BCUT2D eigenvalue weighted by Crippen LogP contribution is 2.03. The van der Waals surface area contributed by atoms with Crippen LogP contribution >= 0.6 is 0 Å². The van der Waals surface area contributed by atoms with E-state index in [9.17, 15) is 0 Å². The van der Waals surface area contributed by atoms with Crippen molar-refractivity contribution in [2.75, 3.05) is 13.2 Å². The first-order valence-electron chi connectivity index (χ1n) is 4.78. The van der Waals surface area contributed by atoms with E-state index in [0.717, 1.165) is 19.4 Å². The van der Waals surface area contributed by atoms with Gasteiger partial charge in [-0.1, -0.05) is 0 Å². The maximum atomic E-state index is 5.82. The lowest BCUT2D eigenvalue weighted by Gasteiger charge is -2.13. The Hall–Kier alpha value is 0.0969. The highest BCUT2D eigenvalue weighted by atomic mass is 28.3. The van der Waals surface area contributed by atoms with E-state index in [1.54, 1.807) is 0 Å². The van der Waals surface area contributed by atoms with Crippen LogP contribution in [0.15, 0.2) is 0 Å². The fourth-order valence-electron chi connectivity index (χ4n) is 1.18. The fraction of sp³-hybridized carbons (Fsp3) is 1.00. The van der Waals surface area contributed by atoms with Crippen molar-refractivity contribution in [2.45, 2.75) is 38.4 Å². The van der Waals surface area contributed by atoms with E-state index in [4.69, 9.17) is 15.9 Å². The van der Waals surface area contributed by atoms with Crippen LogP contribution in [0.4, 0.5) is 0 Å². The van der Waals surface area contributed by atoms with E-state index in [2.05, 4.69) is 6.55 Å². The minimum atomic E-state index is -0.904. The van der Waals surface area contributed by atoms with E-state index < -0.39 is 9.04 Å². The summed E-state index contributed by atoms with van der Waals surface area (Å²) in [5.41, 5.74) is 11.2.